The molecule has 0 radical (unpaired) electrons. The van der Waals surface area contributed by atoms with Gasteiger partial charge < -0.3 is 10.1 Å². The number of para-hydroxylation sites is 1. The van der Waals surface area contributed by atoms with Crippen LogP contribution in [-0.2, 0) is 11.8 Å². The first-order valence-corrected chi connectivity index (χ1v) is 8.27. The number of carbonyl (C=O) groups is 1. The molecular weight excluding hydrogens is 352 g/mol. The Balaban J connectivity index is 1.74. The second-order valence-corrected chi connectivity index (χ2v) is 5.88. The molecule has 2 heterocycles. The number of amides is 1. The Bertz CT molecular complexity index is 951. The fraction of sp³-hybridized carbons (Fsp3) is 0.105. The van der Waals surface area contributed by atoms with Gasteiger partial charge >= 0.3 is 0 Å². The normalized spacial score (nSPS) is 10.9. The van der Waals surface area contributed by atoms with Gasteiger partial charge in [-0.1, -0.05) is 29.8 Å². The van der Waals surface area contributed by atoms with Crippen molar-refractivity contribution in [3.63, 3.8) is 0 Å². The predicted octanol–water partition coefficient (Wildman–Crippen LogP) is 4.22. The van der Waals surface area contributed by atoms with Crippen molar-refractivity contribution in [2.24, 2.45) is 7.05 Å². The maximum absolute atomic E-state index is 12.3. The van der Waals surface area contributed by atoms with Crippen LogP contribution < -0.4 is 10.1 Å². The molecule has 1 N–H and O–H groups in total. The van der Waals surface area contributed by atoms with Crippen molar-refractivity contribution in [2.75, 3.05) is 5.32 Å². The zero-order chi connectivity index (χ0) is 18.5. The Morgan fingerprint density at radius 3 is 2.73 bits per heavy atom. The number of ether oxygens (including phenoxy) is 1. The summed E-state index contributed by atoms with van der Waals surface area (Å²) < 4.78 is 7.36. The fourth-order valence-corrected chi connectivity index (χ4v) is 2.59. The molecule has 0 spiro atoms. The van der Waals surface area contributed by atoms with E-state index in [1.165, 1.54) is 12.3 Å². The van der Waals surface area contributed by atoms with Crippen LogP contribution in [0.4, 0.5) is 5.69 Å². The summed E-state index contributed by atoms with van der Waals surface area (Å²) in [5.74, 6) is 0.848. The molecule has 0 atom stereocenters. The van der Waals surface area contributed by atoms with E-state index < -0.39 is 0 Å². The van der Waals surface area contributed by atoms with E-state index in [1.807, 2.05) is 37.3 Å². The number of halogens is 1. The SMILES string of the molecule is Cc1nn(C)c(Cl)c1C=CC(=O)Nc1cnccc1Oc1ccccc1. The largest absolute Gasteiger partial charge is 0.455 e. The molecule has 1 aromatic carbocycles. The second kappa shape index (κ2) is 7.84. The Kier molecular flexibility index (Phi) is 5.34. The topological polar surface area (TPSA) is 69.0 Å². The van der Waals surface area contributed by atoms with Crippen molar-refractivity contribution in [2.45, 2.75) is 6.92 Å². The van der Waals surface area contributed by atoms with E-state index in [4.69, 9.17) is 16.3 Å². The van der Waals surface area contributed by atoms with Crippen LogP contribution in [0, 0.1) is 6.92 Å². The Hall–Kier alpha value is -3.12. The first-order valence-electron chi connectivity index (χ1n) is 7.89. The summed E-state index contributed by atoms with van der Waals surface area (Å²) in [7, 11) is 1.75. The van der Waals surface area contributed by atoms with Gasteiger partial charge in [-0.2, -0.15) is 5.10 Å². The minimum Gasteiger partial charge on any atom is -0.455 e. The second-order valence-electron chi connectivity index (χ2n) is 5.52. The lowest BCUT2D eigenvalue weighted by Crippen LogP contribution is -2.09. The zero-order valence-corrected chi connectivity index (χ0v) is 15.1. The molecule has 6 nitrogen and oxygen atoms in total. The van der Waals surface area contributed by atoms with Gasteiger partial charge in [-0.25, -0.2) is 0 Å². The number of carbonyl (C=O) groups excluding carboxylic acids is 1. The van der Waals surface area contributed by atoms with Crippen LogP contribution in [0.15, 0.2) is 54.9 Å². The van der Waals surface area contributed by atoms with Gasteiger partial charge in [-0.05, 0) is 25.1 Å². The molecule has 0 aliphatic carbocycles. The summed E-state index contributed by atoms with van der Waals surface area (Å²) in [6.45, 7) is 1.83. The summed E-state index contributed by atoms with van der Waals surface area (Å²) in [4.78, 5) is 16.3. The molecule has 0 fully saturated rings. The molecule has 7 heteroatoms. The van der Waals surface area contributed by atoms with Crippen LogP contribution in [0.2, 0.25) is 5.15 Å². The van der Waals surface area contributed by atoms with Gasteiger partial charge in [0, 0.05) is 31.0 Å². The molecule has 0 saturated carbocycles. The van der Waals surface area contributed by atoms with Gasteiger partial charge in [-0.15, -0.1) is 0 Å². The number of nitrogens with one attached hydrogen (secondary N) is 1. The van der Waals surface area contributed by atoms with Gasteiger partial charge in [-0.3, -0.25) is 14.5 Å². The number of aryl methyl sites for hydroxylation is 2. The van der Waals surface area contributed by atoms with Crippen LogP contribution in [0.5, 0.6) is 11.5 Å². The quantitative estimate of drug-likeness (QED) is 0.684. The van der Waals surface area contributed by atoms with Gasteiger partial charge in [0.15, 0.2) is 5.75 Å². The van der Waals surface area contributed by atoms with Crippen molar-refractivity contribution in [3.05, 3.63) is 71.3 Å². The number of benzene rings is 1. The van der Waals surface area contributed by atoms with E-state index in [9.17, 15) is 4.79 Å². The number of aromatic nitrogens is 3. The van der Waals surface area contributed by atoms with Crippen LogP contribution in [0.1, 0.15) is 11.3 Å². The summed E-state index contributed by atoms with van der Waals surface area (Å²) in [5.41, 5.74) is 1.92. The molecule has 0 bridgehead atoms. The third kappa shape index (κ3) is 4.10. The van der Waals surface area contributed by atoms with Crippen molar-refractivity contribution < 1.29 is 9.53 Å². The van der Waals surface area contributed by atoms with Gasteiger partial charge in [0.2, 0.25) is 5.91 Å². The first kappa shape index (κ1) is 17.7. The highest BCUT2D eigenvalue weighted by Gasteiger charge is 2.10. The minimum atomic E-state index is -0.324. The predicted molar refractivity (Wildman–Crippen MR) is 101 cm³/mol. The number of hydrogen-bond acceptors (Lipinski definition) is 4. The highest BCUT2D eigenvalue weighted by atomic mass is 35.5. The number of pyridine rings is 1. The van der Waals surface area contributed by atoms with Crippen molar-refractivity contribution in [1.82, 2.24) is 14.8 Å². The molecule has 0 aliphatic heterocycles. The lowest BCUT2D eigenvalue weighted by Gasteiger charge is -2.10. The molecular formula is C19H17ClN4O2. The van der Waals surface area contributed by atoms with Crippen molar-refractivity contribution >= 4 is 29.3 Å². The van der Waals surface area contributed by atoms with E-state index in [0.29, 0.717) is 27.9 Å². The third-order valence-corrected chi connectivity index (χ3v) is 4.06. The van der Waals surface area contributed by atoms with Crippen LogP contribution in [0.3, 0.4) is 0 Å². The van der Waals surface area contributed by atoms with E-state index in [-0.39, 0.29) is 5.91 Å². The maximum atomic E-state index is 12.3. The van der Waals surface area contributed by atoms with E-state index in [0.717, 1.165) is 5.69 Å². The fourth-order valence-electron chi connectivity index (χ4n) is 2.35. The molecule has 2 aromatic heterocycles. The molecule has 1 amide bonds. The van der Waals surface area contributed by atoms with Crippen molar-refractivity contribution in [1.29, 1.82) is 0 Å². The summed E-state index contributed by atoms with van der Waals surface area (Å²) in [6.07, 6.45) is 6.16. The highest BCUT2D eigenvalue weighted by Crippen LogP contribution is 2.28. The molecule has 0 aliphatic rings. The van der Waals surface area contributed by atoms with Gasteiger partial charge in [0.1, 0.15) is 16.6 Å². The number of hydrogen-bond donors (Lipinski definition) is 1. The monoisotopic (exact) mass is 368 g/mol. The van der Waals surface area contributed by atoms with E-state index >= 15 is 0 Å². The van der Waals surface area contributed by atoms with Crippen LogP contribution >= 0.6 is 11.6 Å². The highest BCUT2D eigenvalue weighted by molar-refractivity contribution is 6.31. The minimum absolute atomic E-state index is 0.324. The molecule has 0 saturated heterocycles. The van der Waals surface area contributed by atoms with Crippen LogP contribution in [0.25, 0.3) is 6.08 Å². The summed E-state index contributed by atoms with van der Waals surface area (Å²) >= 11 is 6.16. The first-order chi connectivity index (χ1) is 12.5. The molecule has 0 unspecified atom stereocenters. The summed E-state index contributed by atoms with van der Waals surface area (Å²) in [6, 6.07) is 11.0. The molecule has 26 heavy (non-hydrogen) atoms. The zero-order valence-electron chi connectivity index (χ0n) is 14.3. The molecule has 3 rings (SSSR count). The smallest absolute Gasteiger partial charge is 0.248 e. The number of rotatable bonds is 5. The van der Waals surface area contributed by atoms with Gasteiger partial charge in [0.25, 0.3) is 0 Å². The maximum Gasteiger partial charge on any atom is 0.248 e. The third-order valence-electron chi connectivity index (χ3n) is 3.61. The van der Waals surface area contributed by atoms with E-state index in [2.05, 4.69) is 15.4 Å². The van der Waals surface area contributed by atoms with Crippen molar-refractivity contribution in [3.8, 4) is 11.5 Å². The average molecular weight is 369 g/mol. The van der Waals surface area contributed by atoms with Gasteiger partial charge in [0.05, 0.1) is 11.9 Å². The lowest BCUT2D eigenvalue weighted by atomic mass is 10.2. The van der Waals surface area contributed by atoms with E-state index in [1.54, 1.807) is 30.1 Å². The Labute approximate surface area is 156 Å². The molecule has 3 aromatic rings. The average Bonchev–Trinajstić information content (AvgIpc) is 2.88. The molecule has 132 valence electrons. The number of nitrogens with zero attached hydrogens (tertiary/aromatic N) is 3. The van der Waals surface area contributed by atoms with Crippen LogP contribution in [-0.4, -0.2) is 20.7 Å². The standard InChI is InChI=1S/C19H17ClN4O2/c1-13-15(19(20)24(2)23-13)8-9-18(25)22-16-12-21-11-10-17(16)26-14-6-4-3-5-7-14/h3-12H,1-2H3,(H,22,25). The Morgan fingerprint density at radius 2 is 2.04 bits per heavy atom. The Morgan fingerprint density at radius 1 is 1.27 bits per heavy atom. The number of anilines is 1. The summed E-state index contributed by atoms with van der Waals surface area (Å²) in [5, 5.41) is 7.44. The lowest BCUT2D eigenvalue weighted by molar-refractivity contribution is -0.111.